The maximum atomic E-state index is 13.3. The molecule has 2 aromatic rings. The van der Waals surface area contributed by atoms with Gasteiger partial charge in [-0.2, -0.15) is 0 Å². The number of halogens is 2. The molecule has 0 radical (unpaired) electrons. The van der Waals surface area contributed by atoms with Gasteiger partial charge in [0.15, 0.2) is 0 Å². The Morgan fingerprint density at radius 3 is 2.70 bits per heavy atom. The number of anilines is 2. The molecule has 0 aliphatic heterocycles. The van der Waals surface area contributed by atoms with E-state index < -0.39 is 15.8 Å². The summed E-state index contributed by atoms with van der Waals surface area (Å²) < 4.78 is 40.2. The average molecular weight is 360 g/mol. The Hall–Kier alpha value is -1.67. The van der Waals surface area contributed by atoms with Crippen molar-refractivity contribution in [2.75, 3.05) is 10.5 Å². The quantitative estimate of drug-likeness (QED) is 0.825. The van der Waals surface area contributed by atoms with E-state index in [1.54, 1.807) is 13.0 Å². The molecule has 0 saturated carbocycles. The molecule has 106 valence electrons. The first-order valence-corrected chi connectivity index (χ1v) is 7.77. The van der Waals surface area contributed by atoms with Crippen molar-refractivity contribution in [2.45, 2.75) is 11.8 Å². The van der Waals surface area contributed by atoms with Gasteiger partial charge in [0.05, 0.1) is 15.8 Å². The molecule has 0 spiro atoms. The Labute approximate surface area is 124 Å². The summed E-state index contributed by atoms with van der Waals surface area (Å²) in [5.41, 5.74) is 6.43. The van der Waals surface area contributed by atoms with Gasteiger partial charge in [-0.15, -0.1) is 0 Å². The van der Waals surface area contributed by atoms with Crippen LogP contribution in [0.3, 0.4) is 0 Å². The van der Waals surface area contributed by atoms with Gasteiger partial charge in [0.2, 0.25) is 0 Å². The number of nitrogens with two attached hydrogens (primary N) is 1. The van der Waals surface area contributed by atoms with Crippen molar-refractivity contribution >= 4 is 37.3 Å². The number of aromatic nitrogens is 1. The van der Waals surface area contributed by atoms with E-state index >= 15 is 0 Å². The van der Waals surface area contributed by atoms with E-state index in [0.29, 0.717) is 11.4 Å². The summed E-state index contributed by atoms with van der Waals surface area (Å²) in [5.74, 6) is -0.624. The van der Waals surface area contributed by atoms with Crippen molar-refractivity contribution in [2.24, 2.45) is 0 Å². The van der Waals surface area contributed by atoms with Crippen molar-refractivity contribution in [3.8, 4) is 0 Å². The first-order chi connectivity index (χ1) is 9.29. The standard InChI is InChI=1S/C12H11BrFN3O2S/c1-7-4-8(2-3-16-7)17-20(18,19)12-5-9(13)10(14)6-11(12)15/h2-6H,15H2,1H3,(H,16,17). The molecular formula is C12H11BrFN3O2S. The Kier molecular flexibility index (Phi) is 3.96. The van der Waals surface area contributed by atoms with Crippen molar-refractivity contribution in [1.29, 1.82) is 0 Å². The van der Waals surface area contributed by atoms with Crippen LogP contribution < -0.4 is 10.5 Å². The average Bonchev–Trinajstić information content (AvgIpc) is 2.33. The highest BCUT2D eigenvalue weighted by atomic mass is 79.9. The molecule has 3 N–H and O–H groups in total. The van der Waals surface area contributed by atoms with Crippen LogP contribution >= 0.6 is 15.9 Å². The zero-order valence-electron chi connectivity index (χ0n) is 10.4. The molecule has 20 heavy (non-hydrogen) atoms. The predicted molar refractivity (Wildman–Crippen MR) is 78.3 cm³/mol. The largest absolute Gasteiger partial charge is 0.398 e. The van der Waals surface area contributed by atoms with Gasteiger partial charge < -0.3 is 5.73 Å². The number of rotatable bonds is 3. The van der Waals surface area contributed by atoms with E-state index in [4.69, 9.17) is 5.73 Å². The molecule has 8 heteroatoms. The lowest BCUT2D eigenvalue weighted by molar-refractivity contribution is 0.599. The third kappa shape index (κ3) is 3.07. The zero-order chi connectivity index (χ0) is 14.9. The minimum absolute atomic E-state index is 0.0259. The molecule has 0 aliphatic carbocycles. The first kappa shape index (κ1) is 14.7. The third-order valence-electron chi connectivity index (χ3n) is 2.49. The molecule has 2 rings (SSSR count). The van der Waals surface area contributed by atoms with Gasteiger partial charge >= 0.3 is 0 Å². The molecule has 0 fully saturated rings. The van der Waals surface area contributed by atoms with E-state index in [9.17, 15) is 12.8 Å². The van der Waals surface area contributed by atoms with Gasteiger partial charge in [-0.3, -0.25) is 9.71 Å². The lowest BCUT2D eigenvalue weighted by Gasteiger charge is -2.11. The second-order valence-corrected chi connectivity index (χ2v) is 6.60. The van der Waals surface area contributed by atoms with Gasteiger partial charge in [-0.05, 0) is 47.1 Å². The van der Waals surface area contributed by atoms with E-state index in [1.165, 1.54) is 12.3 Å². The molecule has 0 bridgehead atoms. The second kappa shape index (κ2) is 5.37. The van der Waals surface area contributed by atoms with Gasteiger partial charge in [-0.1, -0.05) is 0 Å². The number of hydrogen-bond acceptors (Lipinski definition) is 4. The highest BCUT2D eigenvalue weighted by Gasteiger charge is 2.20. The van der Waals surface area contributed by atoms with E-state index in [2.05, 4.69) is 25.6 Å². The van der Waals surface area contributed by atoms with Crippen molar-refractivity contribution in [1.82, 2.24) is 4.98 Å². The summed E-state index contributed by atoms with van der Waals surface area (Å²) >= 11 is 2.94. The van der Waals surface area contributed by atoms with Gasteiger partial charge in [0, 0.05) is 11.9 Å². The lowest BCUT2D eigenvalue weighted by atomic mass is 10.3. The third-order valence-corrected chi connectivity index (χ3v) is 4.54. The molecule has 0 atom stereocenters. The van der Waals surface area contributed by atoms with Crippen LogP contribution in [-0.4, -0.2) is 13.4 Å². The van der Waals surface area contributed by atoms with Crippen molar-refractivity contribution < 1.29 is 12.8 Å². The SMILES string of the molecule is Cc1cc(NS(=O)(=O)c2cc(Br)c(F)cc2N)ccn1. The second-order valence-electron chi connectivity index (χ2n) is 4.10. The molecule has 1 heterocycles. The number of benzene rings is 1. The Morgan fingerprint density at radius 1 is 1.35 bits per heavy atom. The topological polar surface area (TPSA) is 85.1 Å². The Balaban J connectivity index is 2.43. The van der Waals surface area contributed by atoms with Crippen LogP contribution in [-0.2, 0) is 10.0 Å². The van der Waals surface area contributed by atoms with Gasteiger partial charge in [-0.25, -0.2) is 12.8 Å². The number of hydrogen-bond donors (Lipinski definition) is 2. The summed E-state index contributed by atoms with van der Waals surface area (Å²) in [6, 6.07) is 5.17. The molecule has 5 nitrogen and oxygen atoms in total. The monoisotopic (exact) mass is 359 g/mol. The van der Waals surface area contributed by atoms with Gasteiger partial charge in [0.25, 0.3) is 10.0 Å². The van der Waals surface area contributed by atoms with Crippen LogP contribution in [0.25, 0.3) is 0 Å². The molecule has 0 aliphatic rings. The van der Waals surface area contributed by atoms with Crippen LogP contribution in [0.5, 0.6) is 0 Å². The van der Waals surface area contributed by atoms with Gasteiger partial charge in [0.1, 0.15) is 10.7 Å². The van der Waals surface area contributed by atoms with Crippen molar-refractivity contribution in [3.63, 3.8) is 0 Å². The number of sulfonamides is 1. The molecule has 0 unspecified atom stereocenters. The van der Waals surface area contributed by atoms with Crippen LogP contribution in [0.2, 0.25) is 0 Å². The summed E-state index contributed by atoms with van der Waals surface area (Å²) in [7, 11) is -3.90. The lowest BCUT2D eigenvalue weighted by Crippen LogP contribution is -2.15. The molecule has 1 aromatic carbocycles. The van der Waals surface area contributed by atoms with E-state index in [-0.39, 0.29) is 15.1 Å². The van der Waals surface area contributed by atoms with Crippen molar-refractivity contribution in [3.05, 3.63) is 46.4 Å². The van der Waals surface area contributed by atoms with E-state index in [0.717, 1.165) is 12.1 Å². The maximum absolute atomic E-state index is 13.3. The number of pyridine rings is 1. The first-order valence-electron chi connectivity index (χ1n) is 5.49. The van der Waals surface area contributed by atoms with Crippen LogP contribution in [0.4, 0.5) is 15.8 Å². The molecule has 1 aromatic heterocycles. The fourth-order valence-electron chi connectivity index (χ4n) is 1.60. The molecular weight excluding hydrogens is 349 g/mol. The fraction of sp³-hybridized carbons (Fsp3) is 0.0833. The summed E-state index contributed by atoms with van der Waals surface area (Å²) in [6.45, 7) is 1.74. The van der Waals surface area contributed by atoms with Crippen LogP contribution in [0.15, 0.2) is 39.8 Å². The zero-order valence-corrected chi connectivity index (χ0v) is 12.8. The normalized spacial score (nSPS) is 11.3. The summed E-state index contributed by atoms with van der Waals surface area (Å²) in [5, 5.41) is 0. The van der Waals surface area contributed by atoms with E-state index in [1.807, 2.05) is 0 Å². The highest BCUT2D eigenvalue weighted by molar-refractivity contribution is 9.10. The predicted octanol–water partition coefficient (Wildman–Crippen LogP) is 2.67. The summed E-state index contributed by atoms with van der Waals surface area (Å²) in [4.78, 5) is 3.78. The minimum Gasteiger partial charge on any atom is -0.398 e. The maximum Gasteiger partial charge on any atom is 0.263 e. The number of nitrogens with one attached hydrogen (secondary N) is 1. The Bertz CT molecular complexity index is 765. The van der Waals surface area contributed by atoms with Crippen LogP contribution in [0, 0.1) is 12.7 Å². The summed E-state index contributed by atoms with van der Waals surface area (Å²) in [6.07, 6.45) is 1.48. The smallest absolute Gasteiger partial charge is 0.263 e. The van der Waals surface area contributed by atoms with Crippen LogP contribution in [0.1, 0.15) is 5.69 Å². The molecule has 0 amide bonds. The molecule has 0 saturated heterocycles. The number of aryl methyl sites for hydroxylation is 1. The number of nitrogens with zero attached hydrogens (tertiary/aromatic N) is 1. The fourth-order valence-corrected chi connectivity index (χ4v) is 3.28. The minimum atomic E-state index is -3.90. The number of nitrogen functional groups attached to an aromatic ring is 1. The highest BCUT2D eigenvalue weighted by Crippen LogP contribution is 2.27. The Morgan fingerprint density at radius 2 is 2.05 bits per heavy atom.